The summed E-state index contributed by atoms with van der Waals surface area (Å²) in [4.78, 5) is 22.7. The summed E-state index contributed by atoms with van der Waals surface area (Å²) >= 11 is 0. The maximum absolute atomic E-state index is 13.2. The van der Waals surface area contributed by atoms with Gasteiger partial charge in [0.1, 0.15) is 6.04 Å². The quantitative estimate of drug-likeness (QED) is 0.772. The van der Waals surface area contributed by atoms with Crippen LogP contribution in [0.4, 0.5) is 14.9 Å². The van der Waals surface area contributed by atoms with Crippen molar-refractivity contribution in [3.05, 3.63) is 24.0 Å². The second-order valence-corrected chi connectivity index (χ2v) is 4.51. The number of carbonyl (C=O) groups excluding carboxylic acids is 1. The first-order valence-electron chi connectivity index (χ1n) is 5.99. The SMILES string of the molecule is COc1cc(NC(=O)N[C@H](C(=O)O)C(C)C)ccc1F. The molecule has 0 saturated carbocycles. The molecule has 0 fully saturated rings. The summed E-state index contributed by atoms with van der Waals surface area (Å²) in [7, 11) is 1.31. The van der Waals surface area contributed by atoms with Crippen LogP contribution in [0.2, 0.25) is 0 Å². The van der Waals surface area contributed by atoms with E-state index in [4.69, 9.17) is 9.84 Å². The number of urea groups is 1. The Balaban J connectivity index is 2.73. The van der Waals surface area contributed by atoms with Gasteiger partial charge in [0.05, 0.1) is 7.11 Å². The predicted octanol–water partition coefficient (Wildman–Crippen LogP) is 2.06. The van der Waals surface area contributed by atoms with Crippen LogP contribution < -0.4 is 15.4 Å². The van der Waals surface area contributed by atoms with Crippen LogP contribution in [0.3, 0.4) is 0 Å². The van der Waals surface area contributed by atoms with Crippen molar-refractivity contribution in [1.82, 2.24) is 5.32 Å². The fraction of sp³-hybridized carbons (Fsp3) is 0.385. The highest BCUT2D eigenvalue weighted by Crippen LogP contribution is 2.21. The van der Waals surface area contributed by atoms with Crippen molar-refractivity contribution in [2.24, 2.45) is 5.92 Å². The molecule has 0 aromatic heterocycles. The number of ether oxygens (including phenoxy) is 1. The molecule has 1 aromatic carbocycles. The molecule has 6 nitrogen and oxygen atoms in total. The molecule has 0 bridgehead atoms. The fourth-order valence-electron chi connectivity index (χ4n) is 1.56. The van der Waals surface area contributed by atoms with Gasteiger partial charge in [0, 0.05) is 11.8 Å². The molecule has 0 saturated heterocycles. The Morgan fingerprint density at radius 3 is 2.50 bits per heavy atom. The predicted molar refractivity (Wildman–Crippen MR) is 71.4 cm³/mol. The van der Waals surface area contributed by atoms with Crippen LogP contribution in [0.15, 0.2) is 18.2 Å². The van der Waals surface area contributed by atoms with Gasteiger partial charge in [0.15, 0.2) is 11.6 Å². The first-order valence-corrected chi connectivity index (χ1v) is 5.99. The van der Waals surface area contributed by atoms with E-state index in [1.165, 1.54) is 19.2 Å². The summed E-state index contributed by atoms with van der Waals surface area (Å²) in [5.74, 6) is -1.95. The van der Waals surface area contributed by atoms with E-state index in [-0.39, 0.29) is 11.7 Å². The van der Waals surface area contributed by atoms with Gasteiger partial charge in [-0.2, -0.15) is 0 Å². The number of nitrogens with one attached hydrogen (secondary N) is 2. The molecule has 1 aromatic rings. The number of carboxylic acid groups (broad SMARTS) is 1. The van der Waals surface area contributed by atoms with Crippen molar-refractivity contribution in [3.8, 4) is 5.75 Å². The topological polar surface area (TPSA) is 87.7 Å². The maximum atomic E-state index is 13.2. The average Bonchev–Trinajstić information content (AvgIpc) is 2.37. The number of anilines is 1. The van der Waals surface area contributed by atoms with Crippen molar-refractivity contribution < 1.29 is 23.8 Å². The molecule has 0 radical (unpaired) electrons. The van der Waals surface area contributed by atoms with Crippen molar-refractivity contribution in [2.75, 3.05) is 12.4 Å². The first kappa shape index (κ1) is 15.7. The van der Waals surface area contributed by atoms with E-state index >= 15 is 0 Å². The van der Waals surface area contributed by atoms with Crippen LogP contribution in [0.25, 0.3) is 0 Å². The molecule has 2 amide bonds. The lowest BCUT2D eigenvalue weighted by Gasteiger charge is -2.18. The fourth-order valence-corrected chi connectivity index (χ4v) is 1.56. The molecular weight excluding hydrogens is 267 g/mol. The number of amides is 2. The summed E-state index contributed by atoms with van der Waals surface area (Å²) in [5, 5.41) is 13.7. The molecule has 0 aliphatic carbocycles. The second-order valence-electron chi connectivity index (χ2n) is 4.51. The summed E-state index contributed by atoms with van der Waals surface area (Å²) < 4.78 is 18.0. The smallest absolute Gasteiger partial charge is 0.326 e. The number of hydrogen-bond donors (Lipinski definition) is 3. The normalized spacial score (nSPS) is 11.8. The third-order valence-electron chi connectivity index (χ3n) is 2.63. The molecule has 0 heterocycles. The lowest BCUT2D eigenvalue weighted by Crippen LogP contribution is -2.46. The first-order chi connectivity index (χ1) is 9.35. The second kappa shape index (κ2) is 6.74. The van der Waals surface area contributed by atoms with Crippen LogP contribution in [0.1, 0.15) is 13.8 Å². The van der Waals surface area contributed by atoms with Crippen molar-refractivity contribution in [1.29, 1.82) is 0 Å². The van der Waals surface area contributed by atoms with Gasteiger partial charge in [0.2, 0.25) is 0 Å². The number of carbonyl (C=O) groups is 2. The molecule has 0 aliphatic heterocycles. The Morgan fingerprint density at radius 2 is 2.00 bits per heavy atom. The molecule has 110 valence electrons. The Bertz CT molecular complexity index is 505. The van der Waals surface area contributed by atoms with Gasteiger partial charge in [-0.3, -0.25) is 0 Å². The number of benzene rings is 1. The molecule has 7 heteroatoms. The van der Waals surface area contributed by atoms with Gasteiger partial charge in [0.25, 0.3) is 0 Å². The molecular formula is C13H17FN2O4. The number of aliphatic carboxylic acids is 1. The molecule has 20 heavy (non-hydrogen) atoms. The minimum Gasteiger partial charge on any atom is -0.494 e. The van der Waals surface area contributed by atoms with Crippen LogP contribution >= 0.6 is 0 Å². The largest absolute Gasteiger partial charge is 0.494 e. The standard InChI is InChI=1S/C13H17FN2O4/c1-7(2)11(12(17)18)16-13(19)15-8-4-5-9(14)10(6-8)20-3/h4-7,11H,1-3H3,(H,17,18)(H2,15,16,19)/t11-/m0/s1. The summed E-state index contributed by atoms with van der Waals surface area (Å²) in [6.07, 6.45) is 0. The number of methoxy groups -OCH3 is 1. The molecule has 3 N–H and O–H groups in total. The number of carboxylic acids is 1. The van der Waals surface area contributed by atoms with Crippen LogP contribution in [0.5, 0.6) is 5.75 Å². The van der Waals surface area contributed by atoms with Gasteiger partial charge in [-0.05, 0) is 18.1 Å². The summed E-state index contributed by atoms with van der Waals surface area (Å²) in [5.41, 5.74) is 0.300. The average molecular weight is 284 g/mol. The maximum Gasteiger partial charge on any atom is 0.326 e. The zero-order valence-corrected chi connectivity index (χ0v) is 11.4. The number of hydrogen-bond acceptors (Lipinski definition) is 3. The van der Waals surface area contributed by atoms with E-state index in [9.17, 15) is 14.0 Å². The van der Waals surface area contributed by atoms with E-state index in [1.807, 2.05) is 0 Å². The van der Waals surface area contributed by atoms with Crippen molar-refractivity contribution in [3.63, 3.8) is 0 Å². The summed E-state index contributed by atoms with van der Waals surface area (Å²) in [6, 6.07) is 2.12. The molecule has 1 rings (SSSR count). The highest BCUT2D eigenvalue weighted by atomic mass is 19.1. The lowest BCUT2D eigenvalue weighted by atomic mass is 10.1. The minimum absolute atomic E-state index is 0.0126. The minimum atomic E-state index is -1.12. The highest BCUT2D eigenvalue weighted by molar-refractivity contribution is 5.92. The Hall–Kier alpha value is -2.31. The Labute approximate surface area is 115 Å². The van der Waals surface area contributed by atoms with Gasteiger partial charge in [-0.25, -0.2) is 14.0 Å². The zero-order chi connectivity index (χ0) is 15.3. The van der Waals surface area contributed by atoms with E-state index in [0.717, 1.165) is 6.07 Å². The highest BCUT2D eigenvalue weighted by Gasteiger charge is 2.23. The zero-order valence-electron chi connectivity index (χ0n) is 11.4. The van der Waals surface area contributed by atoms with Crippen LogP contribution in [-0.2, 0) is 4.79 Å². The van der Waals surface area contributed by atoms with E-state index in [2.05, 4.69) is 10.6 Å². The summed E-state index contributed by atoms with van der Waals surface area (Å²) in [6.45, 7) is 3.36. The number of halogens is 1. The van der Waals surface area contributed by atoms with Crippen LogP contribution in [-0.4, -0.2) is 30.3 Å². The van der Waals surface area contributed by atoms with Gasteiger partial charge in [-0.1, -0.05) is 13.8 Å². The van der Waals surface area contributed by atoms with E-state index < -0.39 is 23.9 Å². The molecule has 0 unspecified atom stereocenters. The van der Waals surface area contributed by atoms with E-state index in [1.54, 1.807) is 13.8 Å². The molecule has 0 aliphatic rings. The lowest BCUT2D eigenvalue weighted by molar-refractivity contribution is -0.140. The van der Waals surface area contributed by atoms with Crippen molar-refractivity contribution >= 4 is 17.7 Å². The molecule has 1 atom stereocenters. The van der Waals surface area contributed by atoms with E-state index in [0.29, 0.717) is 5.69 Å². The third-order valence-corrected chi connectivity index (χ3v) is 2.63. The Kier molecular flexibility index (Phi) is 5.31. The molecule has 0 spiro atoms. The Morgan fingerprint density at radius 1 is 1.35 bits per heavy atom. The van der Waals surface area contributed by atoms with Crippen molar-refractivity contribution in [2.45, 2.75) is 19.9 Å². The monoisotopic (exact) mass is 284 g/mol. The van der Waals surface area contributed by atoms with Gasteiger partial charge >= 0.3 is 12.0 Å². The van der Waals surface area contributed by atoms with Gasteiger partial charge < -0.3 is 20.5 Å². The third kappa shape index (κ3) is 4.11. The van der Waals surface area contributed by atoms with Gasteiger partial charge in [-0.15, -0.1) is 0 Å². The van der Waals surface area contributed by atoms with Crippen LogP contribution in [0, 0.1) is 11.7 Å². The number of rotatable bonds is 5.